The normalized spacial score (nSPS) is 15.0. The minimum atomic E-state index is -0.415. The molecule has 176 valence electrons. The first kappa shape index (κ1) is 26.2. The van der Waals surface area contributed by atoms with E-state index in [1.54, 1.807) is 6.92 Å². The van der Waals surface area contributed by atoms with Gasteiger partial charge in [0.25, 0.3) is 0 Å². The number of rotatable bonds is 10. The summed E-state index contributed by atoms with van der Waals surface area (Å²) in [7, 11) is 0. The van der Waals surface area contributed by atoms with Crippen molar-refractivity contribution >= 4 is 11.3 Å². The van der Waals surface area contributed by atoms with E-state index in [1.807, 2.05) is 13.8 Å². The van der Waals surface area contributed by atoms with Gasteiger partial charge in [-0.3, -0.25) is 10.3 Å². The molecule has 0 aliphatic rings. The first-order valence-corrected chi connectivity index (χ1v) is 12.0. The summed E-state index contributed by atoms with van der Waals surface area (Å²) in [5.74, 6) is 0.583. The number of nitrogens with one attached hydrogen (secondary N) is 1. The first-order valence-electron chi connectivity index (χ1n) is 12.0. The summed E-state index contributed by atoms with van der Waals surface area (Å²) in [5, 5.41) is 9.89. The van der Waals surface area contributed by atoms with Crippen molar-refractivity contribution in [3.8, 4) is 0 Å². The Bertz CT molecular complexity index is 927. The molecule has 2 aromatic carbocycles. The molecule has 3 heteroatoms. The highest BCUT2D eigenvalue weighted by Gasteiger charge is 2.19. The van der Waals surface area contributed by atoms with E-state index in [-0.39, 0.29) is 12.0 Å². The van der Waals surface area contributed by atoms with E-state index in [9.17, 15) is 5.11 Å². The van der Waals surface area contributed by atoms with E-state index in [0.29, 0.717) is 5.92 Å². The Morgan fingerprint density at radius 3 is 2.28 bits per heavy atom. The minimum Gasteiger partial charge on any atom is -0.393 e. The second kappa shape index (κ2) is 11.7. The molecule has 0 saturated heterocycles. The lowest BCUT2D eigenvalue weighted by atomic mass is 9.91. The van der Waals surface area contributed by atoms with Gasteiger partial charge in [0.2, 0.25) is 0 Å². The number of benzene rings is 2. The Hall–Kier alpha value is -2.10. The van der Waals surface area contributed by atoms with Gasteiger partial charge in [-0.1, -0.05) is 56.2 Å². The predicted molar refractivity (Wildman–Crippen MR) is 138 cm³/mol. The van der Waals surface area contributed by atoms with Crippen LogP contribution in [0.2, 0.25) is 0 Å². The van der Waals surface area contributed by atoms with E-state index in [2.05, 4.69) is 83.4 Å². The summed E-state index contributed by atoms with van der Waals surface area (Å²) in [6.07, 6.45) is 3.78. The van der Waals surface area contributed by atoms with Crippen LogP contribution >= 0.6 is 0 Å². The molecule has 0 aliphatic carbocycles. The molecular formula is C29H43NO2. The van der Waals surface area contributed by atoms with Crippen molar-refractivity contribution in [2.45, 2.75) is 87.4 Å². The molecule has 0 aliphatic heterocycles. The molecule has 2 rings (SSSR count). The Balaban J connectivity index is 2.38. The van der Waals surface area contributed by atoms with Crippen LogP contribution in [0.25, 0.3) is 5.57 Å². The Kier molecular flexibility index (Phi) is 9.54. The molecule has 0 saturated carbocycles. The van der Waals surface area contributed by atoms with Crippen molar-refractivity contribution in [3.05, 3.63) is 69.8 Å². The first-order chi connectivity index (χ1) is 15.0. The average molecular weight is 438 g/mol. The molecule has 0 spiro atoms. The number of hydrogen-bond donors (Lipinski definition) is 2. The lowest BCUT2D eigenvalue weighted by Gasteiger charge is -2.24. The van der Waals surface area contributed by atoms with E-state index >= 15 is 0 Å². The minimum absolute atomic E-state index is 0.0367. The van der Waals surface area contributed by atoms with Crippen molar-refractivity contribution in [3.63, 3.8) is 0 Å². The Morgan fingerprint density at radius 2 is 1.66 bits per heavy atom. The van der Waals surface area contributed by atoms with Gasteiger partial charge in [0.15, 0.2) is 0 Å². The zero-order valence-corrected chi connectivity index (χ0v) is 21.5. The van der Waals surface area contributed by atoms with Crippen LogP contribution in [-0.2, 0) is 11.3 Å². The number of aliphatic hydroxyl groups is 1. The van der Waals surface area contributed by atoms with Crippen LogP contribution in [0, 0.1) is 39.5 Å². The molecule has 0 heterocycles. The molecule has 0 amide bonds. The monoisotopic (exact) mass is 437 g/mol. The molecule has 32 heavy (non-hydrogen) atoms. The smallest absolute Gasteiger partial charge is 0.0875 e. The summed E-state index contributed by atoms with van der Waals surface area (Å²) < 4.78 is 0. The number of allylic oxidation sites excluding steroid dienone is 2. The second-order valence-corrected chi connectivity index (χ2v) is 9.97. The fourth-order valence-electron chi connectivity index (χ4n) is 3.98. The topological polar surface area (TPSA) is 41.5 Å². The van der Waals surface area contributed by atoms with Crippen LogP contribution in [-0.4, -0.2) is 17.3 Å². The third-order valence-corrected chi connectivity index (χ3v) is 6.49. The van der Waals surface area contributed by atoms with Crippen LogP contribution in [0.5, 0.6) is 0 Å². The summed E-state index contributed by atoms with van der Waals surface area (Å²) >= 11 is 0. The van der Waals surface area contributed by atoms with Gasteiger partial charge in [0.05, 0.1) is 17.9 Å². The standard InChI is InChI=1S/C29H43NO2/c1-18(2)14-27(12-11-26-16-20(4)15-21(5)22(26)6)28-17-19(3)10-13-29(28)30-32-25(9)23(7)24(8)31/h10,12-13,15-18,23-25,30-31H,11,14H2,1-9H3/b27-12-. The lowest BCUT2D eigenvalue weighted by molar-refractivity contribution is 0.0111. The highest BCUT2D eigenvalue weighted by molar-refractivity contribution is 5.77. The molecular weight excluding hydrogens is 394 g/mol. The molecule has 3 nitrogen and oxygen atoms in total. The maximum atomic E-state index is 9.89. The lowest BCUT2D eigenvalue weighted by Crippen LogP contribution is -2.29. The van der Waals surface area contributed by atoms with Crippen LogP contribution in [0.4, 0.5) is 5.69 Å². The zero-order valence-electron chi connectivity index (χ0n) is 21.5. The maximum Gasteiger partial charge on any atom is 0.0875 e. The van der Waals surface area contributed by atoms with E-state index in [1.165, 1.54) is 39.0 Å². The summed E-state index contributed by atoms with van der Waals surface area (Å²) in [4.78, 5) is 5.96. The predicted octanol–water partition coefficient (Wildman–Crippen LogP) is 7.34. The summed E-state index contributed by atoms with van der Waals surface area (Å²) in [5.41, 5.74) is 13.4. The summed E-state index contributed by atoms with van der Waals surface area (Å²) in [6.45, 7) is 19.1. The van der Waals surface area contributed by atoms with Crippen molar-refractivity contribution < 1.29 is 9.94 Å². The Labute approximate surface area is 195 Å². The van der Waals surface area contributed by atoms with Crippen molar-refractivity contribution in [2.24, 2.45) is 11.8 Å². The van der Waals surface area contributed by atoms with Gasteiger partial charge in [-0.15, -0.1) is 0 Å². The van der Waals surface area contributed by atoms with E-state index < -0.39 is 6.10 Å². The number of aliphatic hydroxyl groups excluding tert-OH is 1. The number of hydrogen-bond acceptors (Lipinski definition) is 3. The van der Waals surface area contributed by atoms with Crippen LogP contribution in [0.3, 0.4) is 0 Å². The molecule has 0 fully saturated rings. The fraction of sp³-hybridized carbons (Fsp3) is 0.517. The average Bonchev–Trinajstić information content (AvgIpc) is 2.72. The molecule has 0 bridgehead atoms. The van der Waals surface area contributed by atoms with Crippen LogP contribution < -0.4 is 5.48 Å². The van der Waals surface area contributed by atoms with Gasteiger partial charge >= 0.3 is 0 Å². The SMILES string of the molecule is Cc1cc(C)c(C)c(C/C=C(/CC(C)C)c2cc(C)ccc2NOC(C)C(C)C(C)O)c1. The van der Waals surface area contributed by atoms with Gasteiger partial charge in [-0.2, -0.15) is 0 Å². The molecule has 3 atom stereocenters. The maximum absolute atomic E-state index is 9.89. The fourth-order valence-corrected chi connectivity index (χ4v) is 3.98. The molecule has 2 aromatic rings. The molecule has 2 N–H and O–H groups in total. The Morgan fingerprint density at radius 1 is 0.969 bits per heavy atom. The molecule has 3 unspecified atom stereocenters. The van der Waals surface area contributed by atoms with E-state index in [4.69, 9.17) is 4.84 Å². The number of aryl methyl sites for hydroxylation is 3. The van der Waals surface area contributed by atoms with Gasteiger partial charge in [0, 0.05) is 11.5 Å². The molecule has 0 radical (unpaired) electrons. The third-order valence-electron chi connectivity index (χ3n) is 6.49. The highest BCUT2D eigenvalue weighted by atomic mass is 16.7. The van der Waals surface area contributed by atoms with Crippen molar-refractivity contribution in [1.29, 1.82) is 0 Å². The van der Waals surface area contributed by atoms with Gasteiger partial charge in [-0.05, 0) is 94.7 Å². The van der Waals surface area contributed by atoms with Crippen LogP contribution in [0.1, 0.15) is 74.4 Å². The van der Waals surface area contributed by atoms with Crippen molar-refractivity contribution in [1.82, 2.24) is 0 Å². The van der Waals surface area contributed by atoms with Crippen molar-refractivity contribution in [2.75, 3.05) is 5.48 Å². The number of anilines is 1. The van der Waals surface area contributed by atoms with Gasteiger partial charge < -0.3 is 5.11 Å². The second-order valence-electron chi connectivity index (χ2n) is 9.97. The van der Waals surface area contributed by atoms with E-state index in [0.717, 1.165) is 18.5 Å². The van der Waals surface area contributed by atoms with Crippen LogP contribution in [0.15, 0.2) is 36.4 Å². The van der Waals surface area contributed by atoms with Gasteiger partial charge in [0.1, 0.15) is 0 Å². The highest BCUT2D eigenvalue weighted by Crippen LogP contribution is 2.31. The summed E-state index contributed by atoms with van der Waals surface area (Å²) in [6, 6.07) is 11.0. The largest absolute Gasteiger partial charge is 0.393 e. The zero-order chi connectivity index (χ0) is 24.0. The quantitative estimate of drug-likeness (QED) is 0.382. The van der Waals surface area contributed by atoms with Gasteiger partial charge in [-0.25, -0.2) is 0 Å². The third kappa shape index (κ3) is 7.21. The molecule has 0 aromatic heterocycles.